The number of rotatable bonds is 11. The molecule has 0 aromatic carbocycles. The van der Waals surface area contributed by atoms with Crippen LogP contribution in [0.4, 0.5) is 0 Å². The van der Waals surface area contributed by atoms with Crippen LogP contribution in [0.25, 0.3) is 0 Å². The van der Waals surface area contributed by atoms with Crippen molar-refractivity contribution in [1.82, 2.24) is 0 Å². The highest BCUT2D eigenvalue weighted by Gasteiger charge is 1.96. The first-order valence-electron chi connectivity index (χ1n) is 6.90. The molecule has 0 rings (SSSR count). The number of carboxylic acid groups (broad SMARTS) is 1. The summed E-state index contributed by atoms with van der Waals surface area (Å²) in [5.74, 6) is -0.728. The van der Waals surface area contributed by atoms with Crippen molar-refractivity contribution in [3.05, 3.63) is 24.3 Å². The Bertz CT molecular complexity index is 256. The molecule has 0 saturated heterocycles. The predicted molar refractivity (Wildman–Crippen MR) is 74.5 cm³/mol. The Kier molecular flexibility index (Phi) is 11.6. The van der Waals surface area contributed by atoms with E-state index in [1.807, 2.05) is 24.3 Å². The minimum Gasteiger partial charge on any atom is -0.481 e. The van der Waals surface area contributed by atoms with E-state index in [2.05, 4.69) is 6.92 Å². The lowest BCUT2D eigenvalue weighted by Crippen LogP contribution is -2.00. The van der Waals surface area contributed by atoms with E-state index in [1.165, 1.54) is 12.8 Å². The minimum atomic E-state index is -0.728. The smallest absolute Gasteiger partial charge is 0.303 e. The molecule has 0 spiro atoms. The fourth-order valence-corrected chi connectivity index (χ4v) is 1.61. The number of aliphatic carboxylic acids is 1. The Hall–Kier alpha value is -1.09. The van der Waals surface area contributed by atoms with Crippen molar-refractivity contribution in [3.8, 4) is 0 Å². The van der Waals surface area contributed by atoms with Gasteiger partial charge in [0.2, 0.25) is 0 Å². The van der Waals surface area contributed by atoms with Crippen molar-refractivity contribution >= 4 is 5.97 Å². The summed E-state index contributed by atoms with van der Waals surface area (Å²) >= 11 is 0. The average Bonchev–Trinajstić information content (AvgIpc) is 2.32. The summed E-state index contributed by atoms with van der Waals surface area (Å²) < 4.78 is 0. The lowest BCUT2D eigenvalue weighted by atomic mass is 10.1. The second kappa shape index (κ2) is 12.4. The highest BCUT2D eigenvalue weighted by molar-refractivity contribution is 5.66. The first kappa shape index (κ1) is 16.9. The zero-order valence-electron chi connectivity index (χ0n) is 11.3. The third kappa shape index (κ3) is 13.0. The van der Waals surface area contributed by atoms with Crippen LogP contribution in [0, 0.1) is 0 Å². The fourth-order valence-electron chi connectivity index (χ4n) is 1.61. The molecule has 3 nitrogen and oxygen atoms in total. The monoisotopic (exact) mass is 254 g/mol. The molecule has 0 fully saturated rings. The van der Waals surface area contributed by atoms with Crippen LogP contribution in [0.2, 0.25) is 0 Å². The molecule has 104 valence electrons. The summed E-state index contributed by atoms with van der Waals surface area (Å²) in [7, 11) is 0. The van der Waals surface area contributed by atoms with E-state index in [0.717, 1.165) is 32.1 Å². The maximum atomic E-state index is 10.3. The van der Waals surface area contributed by atoms with Gasteiger partial charge >= 0.3 is 5.97 Å². The van der Waals surface area contributed by atoms with Gasteiger partial charge in [0.15, 0.2) is 0 Å². The molecule has 0 heterocycles. The summed E-state index contributed by atoms with van der Waals surface area (Å²) in [6.07, 6.45) is 14.3. The number of hydrogen-bond acceptors (Lipinski definition) is 2. The maximum absolute atomic E-state index is 10.3. The molecule has 0 aromatic heterocycles. The molecular weight excluding hydrogens is 228 g/mol. The molecule has 0 aromatic rings. The van der Waals surface area contributed by atoms with Gasteiger partial charge in [-0.25, -0.2) is 0 Å². The van der Waals surface area contributed by atoms with E-state index >= 15 is 0 Å². The zero-order valence-corrected chi connectivity index (χ0v) is 11.3. The number of aliphatic hydroxyl groups is 1. The molecule has 0 aliphatic rings. The van der Waals surface area contributed by atoms with Gasteiger partial charge in [0.25, 0.3) is 0 Å². The van der Waals surface area contributed by atoms with Crippen LogP contribution in [-0.2, 0) is 4.79 Å². The molecule has 3 heteroatoms. The van der Waals surface area contributed by atoms with Crippen LogP contribution in [0.1, 0.15) is 58.3 Å². The van der Waals surface area contributed by atoms with Gasteiger partial charge in [-0.15, -0.1) is 0 Å². The fraction of sp³-hybridized carbons (Fsp3) is 0.667. The summed E-state index contributed by atoms with van der Waals surface area (Å²) in [6, 6.07) is 0. The first-order valence-corrected chi connectivity index (χ1v) is 6.90. The Labute approximate surface area is 110 Å². The molecule has 2 N–H and O–H groups in total. The lowest BCUT2D eigenvalue weighted by Gasteiger charge is -2.02. The van der Waals surface area contributed by atoms with Crippen LogP contribution in [-0.4, -0.2) is 22.3 Å². The van der Waals surface area contributed by atoms with Gasteiger partial charge in [-0.3, -0.25) is 4.79 Å². The van der Waals surface area contributed by atoms with E-state index in [1.54, 1.807) is 0 Å². The van der Waals surface area contributed by atoms with Crippen LogP contribution < -0.4 is 0 Å². The SMILES string of the molecule is CCCCC[C@@H](O)/C=C\C=C\CCCCC(=O)O. The number of hydrogen-bond donors (Lipinski definition) is 2. The van der Waals surface area contributed by atoms with Gasteiger partial charge < -0.3 is 10.2 Å². The standard InChI is InChI=1S/C15H26O3/c1-2-3-8-11-14(16)12-9-6-4-5-7-10-13-15(17)18/h4,6,9,12,14,16H,2-3,5,7-8,10-11,13H2,1H3,(H,17,18)/b6-4+,12-9-/t14-/m1/s1. The van der Waals surface area contributed by atoms with Crippen molar-refractivity contribution in [3.63, 3.8) is 0 Å². The molecule has 0 aliphatic carbocycles. The summed E-state index contributed by atoms with van der Waals surface area (Å²) in [4.78, 5) is 10.3. The first-order chi connectivity index (χ1) is 8.66. The molecule has 0 amide bonds. The normalized spacial score (nSPS) is 13.4. The van der Waals surface area contributed by atoms with Gasteiger partial charge in [-0.1, -0.05) is 50.5 Å². The van der Waals surface area contributed by atoms with Crippen molar-refractivity contribution in [2.24, 2.45) is 0 Å². The van der Waals surface area contributed by atoms with E-state index < -0.39 is 5.97 Å². The number of aliphatic hydroxyl groups excluding tert-OH is 1. The van der Waals surface area contributed by atoms with Gasteiger partial charge in [-0.2, -0.15) is 0 Å². The van der Waals surface area contributed by atoms with E-state index in [4.69, 9.17) is 5.11 Å². The number of carboxylic acids is 1. The Morgan fingerprint density at radius 3 is 2.61 bits per heavy atom. The Morgan fingerprint density at radius 2 is 1.94 bits per heavy atom. The number of unbranched alkanes of at least 4 members (excludes halogenated alkanes) is 4. The molecule has 18 heavy (non-hydrogen) atoms. The number of carbonyl (C=O) groups is 1. The van der Waals surface area contributed by atoms with E-state index in [-0.39, 0.29) is 12.5 Å². The van der Waals surface area contributed by atoms with Crippen molar-refractivity contribution < 1.29 is 15.0 Å². The van der Waals surface area contributed by atoms with E-state index in [0.29, 0.717) is 0 Å². The lowest BCUT2D eigenvalue weighted by molar-refractivity contribution is -0.137. The molecule has 0 unspecified atom stereocenters. The quantitative estimate of drug-likeness (QED) is 0.437. The summed E-state index contributed by atoms with van der Waals surface area (Å²) in [5.41, 5.74) is 0. The van der Waals surface area contributed by atoms with Crippen molar-refractivity contribution in [2.75, 3.05) is 0 Å². The highest BCUT2D eigenvalue weighted by atomic mass is 16.4. The summed E-state index contributed by atoms with van der Waals surface area (Å²) in [5, 5.41) is 18.0. The third-order valence-corrected chi connectivity index (χ3v) is 2.70. The minimum absolute atomic E-state index is 0.250. The van der Waals surface area contributed by atoms with Gasteiger partial charge in [-0.05, 0) is 25.7 Å². The molecule has 0 saturated carbocycles. The average molecular weight is 254 g/mol. The molecule has 0 bridgehead atoms. The molecule has 0 radical (unpaired) electrons. The van der Waals surface area contributed by atoms with Gasteiger partial charge in [0, 0.05) is 6.42 Å². The van der Waals surface area contributed by atoms with Crippen LogP contribution in [0.15, 0.2) is 24.3 Å². The molecule has 0 aliphatic heterocycles. The van der Waals surface area contributed by atoms with Gasteiger partial charge in [0.05, 0.1) is 6.10 Å². The largest absolute Gasteiger partial charge is 0.481 e. The third-order valence-electron chi connectivity index (χ3n) is 2.70. The Balaban J connectivity index is 3.46. The Morgan fingerprint density at radius 1 is 1.17 bits per heavy atom. The van der Waals surface area contributed by atoms with Crippen LogP contribution in [0.3, 0.4) is 0 Å². The van der Waals surface area contributed by atoms with Crippen molar-refractivity contribution in [2.45, 2.75) is 64.4 Å². The maximum Gasteiger partial charge on any atom is 0.303 e. The second-order valence-electron chi connectivity index (χ2n) is 4.52. The van der Waals surface area contributed by atoms with Crippen LogP contribution >= 0.6 is 0 Å². The molecule has 1 atom stereocenters. The predicted octanol–water partition coefficient (Wildman–Crippen LogP) is 3.69. The molecular formula is C15H26O3. The van der Waals surface area contributed by atoms with Gasteiger partial charge in [0.1, 0.15) is 0 Å². The zero-order chi connectivity index (χ0) is 13.6. The second-order valence-corrected chi connectivity index (χ2v) is 4.52. The van der Waals surface area contributed by atoms with E-state index in [9.17, 15) is 9.90 Å². The highest BCUT2D eigenvalue weighted by Crippen LogP contribution is 2.04. The van der Waals surface area contributed by atoms with Crippen LogP contribution in [0.5, 0.6) is 0 Å². The number of allylic oxidation sites excluding steroid dienone is 3. The van der Waals surface area contributed by atoms with Crippen molar-refractivity contribution in [1.29, 1.82) is 0 Å². The topological polar surface area (TPSA) is 57.5 Å². The summed E-state index contributed by atoms with van der Waals surface area (Å²) in [6.45, 7) is 2.15.